The summed E-state index contributed by atoms with van der Waals surface area (Å²) in [5, 5.41) is 14.7. The molecule has 8 nitrogen and oxygen atoms in total. The third kappa shape index (κ3) is 7.00. The zero-order valence-electron chi connectivity index (χ0n) is 18.6. The van der Waals surface area contributed by atoms with Gasteiger partial charge in [0.1, 0.15) is 23.2 Å². The van der Waals surface area contributed by atoms with Crippen LogP contribution in [-0.2, 0) is 14.3 Å². The number of para-hydroxylation sites is 1. The number of amides is 2. The van der Waals surface area contributed by atoms with E-state index in [2.05, 4.69) is 15.4 Å². The molecule has 0 heterocycles. The molecule has 0 aliphatic carbocycles. The Morgan fingerprint density at radius 1 is 0.943 bits per heavy atom. The van der Waals surface area contributed by atoms with E-state index in [1.807, 2.05) is 6.07 Å². The minimum atomic E-state index is -0.665. The van der Waals surface area contributed by atoms with E-state index in [1.54, 1.807) is 24.3 Å². The zero-order chi connectivity index (χ0) is 25.2. The minimum absolute atomic E-state index is 0.200. The summed E-state index contributed by atoms with van der Waals surface area (Å²) in [7, 11) is 1.27. The number of hydrogen-bond acceptors (Lipinski definition) is 6. The van der Waals surface area contributed by atoms with Crippen LogP contribution in [0.5, 0.6) is 5.75 Å². The van der Waals surface area contributed by atoms with Crippen LogP contribution in [0.2, 0.25) is 0 Å². The maximum Gasteiger partial charge on any atom is 0.337 e. The van der Waals surface area contributed by atoms with E-state index >= 15 is 0 Å². The molecule has 0 aromatic heterocycles. The number of nitriles is 1. The van der Waals surface area contributed by atoms with Crippen LogP contribution in [-0.4, -0.2) is 31.5 Å². The summed E-state index contributed by atoms with van der Waals surface area (Å²) in [5.74, 6) is -1.78. The van der Waals surface area contributed by atoms with Crippen LogP contribution in [0.15, 0.2) is 78.4 Å². The SMILES string of the molecule is COC(=O)c1ccc(NC(=O)/C(C#N)=C\c2ccccc2OCC(=O)Nc2ccc(F)cc2)cc1. The Balaban J connectivity index is 1.67. The molecule has 3 aromatic rings. The number of rotatable bonds is 8. The molecule has 0 aliphatic rings. The Bertz CT molecular complexity index is 1300. The summed E-state index contributed by atoms with van der Waals surface area (Å²) in [6, 6.07) is 19.7. The molecule has 9 heteroatoms. The molecule has 2 N–H and O–H groups in total. The lowest BCUT2D eigenvalue weighted by Crippen LogP contribution is -2.20. The summed E-state index contributed by atoms with van der Waals surface area (Å²) >= 11 is 0. The first-order valence-electron chi connectivity index (χ1n) is 10.3. The zero-order valence-corrected chi connectivity index (χ0v) is 18.6. The summed E-state index contributed by atoms with van der Waals surface area (Å²) < 4.78 is 23.2. The van der Waals surface area contributed by atoms with Crippen molar-refractivity contribution in [2.24, 2.45) is 0 Å². The van der Waals surface area contributed by atoms with E-state index in [0.717, 1.165) is 0 Å². The Hall–Kier alpha value is -4.97. The van der Waals surface area contributed by atoms with Gasteiger partial charge in [-0.1, -0.05) is 18.2 Å². The molecule has 2 amide bonds. The van der Waals surface area contributed by atoms with Crippen LogP contribution in [0.25, 0.3) is 6.08 Å². The fraction of sp³-hybridized carbons (Fsp3) is 0.0769. The third-order valence-corrected chi connectivity index (χ3v) is 4.63. The van der Waals surface area contributed by atoms with Gasteiger partial charge < -0.3 is 20.1 Å². The molecule has 35 heavy (non-hydrogen) atoms. The van der Waals surface area contributed by atoms with Gasteiger partial charge in [-0.2, -0.15) is 5.26 Å². The maximum absolute atomic E-state index is 13.0. The van der Waals surface area contributed by atoms with Gasteiger partial charge in [-0.05, 0) is 60.7 Å². The monoisotopic (exact) mass is 473 g/mol. The van der Waals surface area contributed by atoms with Gasteiger partial charge in [0.2, 0.25) is 0 Å². The van der Waals surface area contributed by atoms with Crippen molar-refractivity contribution in [2.45, 2.75) is 0 Å². The summed E-state index contributed by atoms with van der Waals surface area (Å²) in [4.78, 5) is 36.3. The number of benzene rings is 3. The van der Waals surface area contributed by atoms with Crippen molar-refractivity contribution in [3.63, 3.8) is 0 Å². The van der Waals surface area contributed by atoms with E-state index < -0.39 is 23.6 Å². The van der Waals surface area contributed by atoms with Crippen LogP contribution < -0.4 is 15.4 Å². The molecule has 3 aromatic carbocycles. The Labute approximate surface area is 200 Å². The van der Waals surface area contributed by atoms with Crippen molar-refractivity contribution >= 4 is 35.2 Å². The van der Waals surface area contributed by atoms with E-state index in [0.29, 0.717) is 22.5 Å². The first-order valence-corrected chi connectivity index (χ1v) is 10.3. The Morgan fingerprint density at radius 3 is 2.23 bits per heavy atom. The number of halogens is 1. The first kappa shape index (κ1) is 24.7. The topological polar surface area (TPSA) is 118 Å². The van der Waals surface area contributed by atoms with E-state index in [4.69, 9.17) is 4.74 Å². The molecular formula is C26H20FN3O5. The minimum Gasteiger partial charge on any atom is -0.483 e. The molecule has 0 fully saturated rings. The maximum atomic E-state index is 13.0. The van der Waals surface area contributed by atoms with Gasteiger partial charge in [0, 0.05) is 16.9 Å². The van der Waals surface area contributed by atoms with Crippen molar-refractivity contribution < 1.29 is 28.2 Å². The predicted octanol–water partition coefficient (Wildman–Crippen LogP) is 4.18. The number of carbonyl (C=O) groups excluding carboxylic acids is 3. The predicted molar refractivity (Wildman–Crippen MR) is 127 cm³/mol. The van der Waals surface area contributed by atoms with Gasteiger partial charge in [-0.25, -0.2) is 9.18 Å². The quantitative estimate of drug-likeness (QED) is 0.288. The van der Waals surface area contributed by atoms with E-state index in [9.17, 15) is 24.0 Å². The van der Waals surface area contributed by atoms with Crippen molar-refractivity contribution in [3.8, 4) is 11.8 Å². The van der Waals surface area contributed by atoms with Gasteiger partial charge in [0.25, 0.3) is 11.8 Å². The van der Waals surface area contributed by atoms with Crippen molar-refractivity contribution in [1.29, 1.82) is 5.26 Å². The fourth-order valence-electron chi connectivity index (χ4n) is 2.91. The van der Waals surface area contributed by atoms with Crippen LogP contribution in [0.3, 0.4) is 0 Å². The normalized spacial score (nSPS) is 10.6. The number of nitrogens with zero attached hydrogens (tertiary/aromatic N) is 1. The van der Waals surface area contributed by atoms with Crippen LogP contribution in [0, 0.1) is 17.1 Å². The van der Waals surface area contributed by atoms with Gasteiger partial charge in [-0.15, -0.1) is 0 Å². The second-order valence-electron chi connectivity index (χ2n) is 7.07. The molecule has 0 spiro atoms. The Morgan fingerprint density at radius 2 is 1.57 bits per heavy atom. The molecule has 0 bridgehead atoms. The highest BCUT2D eigenvalue weighted by Gasteiger charge is 2.13. The van der Waals surface area contributed by atoms with Gasteiger partial charge in [-0.3, -0.25) is 9.59 Å². The molecule has 176 valence electrons. The molecule has 0 radical (unpaired) electrons. The molecule has 3 rings (SSSR count). The van der Waals surface area contributed by atoms with Crippen molar-refractivity contribution in [1.82, 2.24) is 0 Å². The molecular weight excluding hydrogens is 453 g/mol. The lowest BCUT2D eigenvalue weighted by Gasteiger charge is -2.10. The lowest BCUT2D eigenvalue weighted by molar-refractivity contribution is -0.118. The highest BCUT2D eigenvalue weighted by atomic mass is 19.1. The first-order chi connectivity index (χ1) is 16.9. The van der Waals surface area contributed by atoms with Crippen LogP contribution in [0.4, 0.5) is 15.8 Å². The number of hydrogen-bond donors (Lipinski definition) is 2. The fourth-order valence-corrected chi connectivity index (χ4v) is 2.91. The number of esters is 1. The average Bonchev–Trinajstić information content (AvgIpc) is 2.87. The summed E-state index contributed by atoms with van der Waals surface area (Å²) in [6.45, 7) is -0.344. The average molecular weight is 473 g/mol. The standard InChI is InChI=1S/C26H20FN3O5/c1-34-26(33)17-6-10-22(11-7-17)30-25(32)19(15-28)14-18-4-2-3-5-23(18)35-16-24(31)29-21-12-8-20(27)9-13-21/h2-14H,16H2,1H3,(H,29,31)(H,30,32)/b19-14-. The second kappa shape index (κ2) is 11.8. The highest BCUT2D eigenvalue weighted by molar-refractivity contribution is 6.10. The molecule has 0 saturated heterocycles. The van der Waals surface area contributed by atoms with Crippen molar-refractivity contribution in [2.75, 3.05) is 24.4 Å². The molecule has 0 saturated carbocycles. The number of anilines is 2. The number of ether oxygens (including phenoxy) is 2. The van der Waals surface area contributed by atoms with Gasteiger partial charge in [0.05, 0.1) is 12.7 Å². The summed E-state index contributed by atoms with van der Waals surface area (Å²) in [6.07, 6.45) is 1.34. The number of nitrogens with one attached hydrogen (secondary N) is 2. The highest BCUT2D eigenvalue weighted by Crippen LogP contribution is 2.22. The van der Waals surface area contributed by atoms with E-state index in [-0.39, 0.29) is 17.9 Å². The van der Waals surface area contributed by atoms with Gasteiger partial charge in [0.15, 0.2) is 6.61 Å². The van der Waals surface area contributed by atoms with Crippen LogP contribution in [0.1, 0.15) is 15.9 Å². The largest absolute Gasteiger partial charge is 0.483 e. The Kier molecular flexibility index (Phi) is 8.29. The third-order valence-electron chi connectivity index (χ3n) is 4.63. The smallest absolute Gasteiger partial charge is 0.337 e. The molecule has 0 aliphatic heterocycles. The van der Waals surface area contributed by atoms with Gasteiger partial charge >= 0.3 is 5.97 Å². The van der Waals surface area contributed by atoms with E-state index in [1.165, 1.54) is 61.7 Å². The summed E-state index contributed by atoms with van der Waals surface area (Å²) in [5.41, 5.74) is 1.32. The molecule has 0 atom stereocenters. The lowest BCUT2D eigenvalue weighted by atomic mass is 10.1. The van der Waals surface area contributed by atoms with Crippen LogP contribution >= 0.6 is 0 Å². The molecule has 0 unspecified atom stereocenters. The number of methoxy groups -OCH3 is 1. The second-order valence-corrected chi connectivity index (χ2v) is 7.07. The number of carbonyl (C=O) groups is 3. The van der Waals surface area contributed by atoms with Crippen molar-refractivity contribution in [3.05, 3.63) is 95.3 Å².